The van der Waals surface area contributed by atoms with Crippen molar-refractivity contribution in [3.05, 3.63) is 47.1 Å². The molecule has 1 aromatic carbocycles. The summed E-state index contributed by atoms with van der Waals surface area (Å²) >= 11 is 0. The van der Waals surface area contributed by atoms with Crippen molar-refractivity contribution in [1.82, 2.24) is 14.8 Å². The average molecular weight is 381 g/mol. The lowest BCUT2D eigenvalue weighted by Gasteiger charge is -2.32. The van der Waals surface area contributed by atoms with Gasteiger partial charge in [-0.1, -0.05) is 17.3 Å². The lowest BCUT2D eigenvalue weighted by atomic mass is 10.0. The molecule has 0 spiro atoms. The Hall–Kier alpha value is -2.26. The fourth-order valence-corrected chi connectivity index (χ4v) is 4.78. The van der Waals surface area contributed by atoms with E-state index >= 15 is 0 Å². The summed E-state index contributed by atoms with van der Waals surface area (Å²) in [6.45, 7) is 3.81. The van der Waals surface area contributed by atoms with Gasteiger partial charge in [-0.05, 0) is 38.8 Å². The van der Waals surface area contributed by atoms with E-state index in [0.29, 0.717) is 31.6 Å². The molecule has 1 amide bonds. The minimum Gasteiger partial charge on any atom is -0.360 e. The number of aryl methyl sites for hydroxylation is 2. The van der Waals surface area contributed by atoms with E-state index in [1.165, 1.54) is 18.2 Å². The third-order valence-electron chi connectivity index (χ3n) is 4.44. The number of halogens is 1. The van der Waals surface area contributed by atoms with Crippen LogP contribution in [0, 0.1) is 19.7 Å². The Bertz CT molecular complexity index is 898. The molecule has 1 N–H and O–H groups in total. The minimum atomic E-state index is -3.74. The molecule has 2 heterocycles. The zero-order valence-electron chi connectivity index (χ0n) is 14.5. The first-order valence-corrected chi connectivity index (χ1v) is 9.77. The van der Waals surface area contributed by atoms with Crippen LogP contribution in [0.25, 0.3) is 0 Å². The Balaban J connectivity index is 1.64. The minimum absolute atomic E-state index is 0.0299. The molecule has 140 valence electrons. The van der Waals surface area contributed by atoms with Gasteiger partial charge >= 0.3 is 0 Å². The second-order valence-electron chi connectivity index (χ2n) is 6.32. The van der Waals surface area contributed by atoms with Crippen LogP contribution in [0.4, 0.5) is 4.39 Å². The molecule has 0 aliphatic carbocycles. The Labute approximate surface area is 151 Å². The molecule has 26 heavy (non-hydrogen) atoms. The highest BCUT2D eigenvalue weighted by Gasteiger charge is 2.30. The van der Waals surface area contributed by atoms with Crippen molar-refractivity contribution in [1.29, 1.82) is 0 Å². The number of benzene rings is 1. The molecule has 1 aliphatic rings. The molecule has 7 nitrogen and oxygen atoms in total. The molecule has 0 bridgehead atoms. The number of sulfonamides is 1. The summed E-state index contributed by atoms with van der Waals surface area (Å²) in [4.78, 5) is 14.0. The van der Waals surface area contributed by atoms with Gasteiger partial charge in [-0.2, -0.15) is 0 Å². The number of hydrogen-bond donors (Lipinski definition) is 1. The molecule has 0 saturated carbocycles. The Kier molecular flexibility index (Phi) is 5.10. The predicted octanol–water partition coefficient (Wildman–Crippen LogP) is 2.01. The number of nitrogens with one attached hydrogen (secondary N) is 1. The van der Waals surface area contributed by atoms with Gasteiger partial charge in [0.15, 0.2) is 5.76 Å². The summed E-state index contributed by atoms with van der Waals surface area (Å²) in [6, 6.07) is 5.53. The van der Waals surface area contributed by atoms with Crippen LogP contribution >= 0.6 is 0 Å². The van der Waals surface area contributed by atoms with Crippen LogP contribution in [0.3, 0.4) is 0 Å². The highest BCUT2D eigenvalue weighted by molar-refractivity contribution is 7.89. The molecule has 1 saturated heterocycles. The molecule has 1 aromatic heterocycles. The second-order valence-corrected chi connectivity index (χ2v) is 7.97. The highest BCUT2D eigenvalue weighted by atomic mass is 32.2. The van der Waals surface area contributed by atoms with Crippen molar-refractivity contribution in [3.63, 3.8) is 0 Å². The standard InChI is InChI=1S/C17H20FN3O4S/c1-11-16(12(2)25-19-11)26(23,24)20-13-7-9-21(10-8-13)17(22)14-5-3-4-6-15(14)18/h3-6,13,20H,7-10H2,1-2H3. The van der Waals surface area contributed by atoms with Crippen molar-refractivity contribution in [2.45, 2.75) is 37.6 Å². The third kappa shape index (κ3) is 3.63. The van der Waals surface area contributed by atoms with Crippen LogP contribution in [0.2, 0.25) is 0 Å². The molecular weight excluding hydrogens is 361 g/mol. The summed E-state index contributed by atoms with van der Waals surface area (Å²) in [5.74, 6) is -0.698. The SMILES string of the molecule is Cc1noc(C)c1S(=O)(=O)NC1CCN(C(=O)c2ccccc2F)CC1. The summed E-state index contributed by atoms with van der Waals surface area (Å²) in [5.41, 5.74) is 0.337. The number of hydrogen-bond acceptors (Lipinski definition) is 5. The van der Waals surface area contributed by atoms with E-state index in [-0.39, 0.29) is 28.2 Å². The quantitative estimate of drug-likeness (QED) is 0.875. The van der Waals surface area contributed by atoms with E-state index in [0.717, 1.165) is 0 Å². The highest BCUT2D eigenvalue weighted by Crippen LogP contribution is 2.21. The first-order chi connectivity index (χ1) is 12.3. The summed E-state index contributed by atoms with van der Waals surface area (Å²) < 4.78 is 46.4. The number of aromatic nitrogens is 1. The van der Waals surface area contributed by atoms with Crippen molar-refractivity contribution >= 4 is 15.9 Å². The van der Waals surface area contributed by atoms with Crippen molar-refractivity contribution in [3.8, 4) is 0 Å². The van der Waals surface area contributed by atoms with Gasteiger partial charge in [0.1, 0.15) is 16.4 Å². The maximum Gasteiger partial charge on any atom is 0.256 e. The number of likely N-dealkylation sites (tertiary alicyclic amines) is 1. The largest absolute Gasteiger partial charge is 0.360 e. The molecular formula is C17H20FN3O4S. The van der Waals surface area contributed by atoms with E-state index in [2.05, 4.69) is 9.88 Å². The van der Waals surface area contributed by atoms with Crippen LogP contribution in [-0.4, -0.2) is 43.5 Å². The molecule has 1 fully saturated rings. The molecule has 3 rings (SSSR count). The number of carbonyl (C=O) groups excluding carboxylic acids is 1. The zero-order valence-corrected chi connectivity index (χ0v) is 15.3. The zero-order chi connectivity index (χ0) is 18.9. The maximum absolute atomic E-state index is 13.8. The average Bonchev–Trinajstić information content (AvgIpc) is 2.94. The van der Waals surface area contributed by atoms with E-state index in [9.17, 15) is 17.6 Å². The van der Waals surface area contributed by atoms with Gasteiger partial charge in [-0.15, -0.1) is 0 Å². The van der Waals surface area contributed by atoms with Crippen LogP contribution < -0.4 is 4.72 Å². The Morgan fingerprint density at radius 3 is 2.50 bits per heavy atom. The smallest absolute Gasteiger partial charge is 0.256 e. The fourth-order valence-electron chi connectivity index (χ4n) is 3.14. The van der Waals surface area contributed by atoms with E-state index in [4.69, 9.17) is 4.52 Å². The molecule has 9 heteroatoms. The number of piperidine rings is 1. The normalized spacial score (nSPS) is 16.0. The van der Waals surface area contributed by atoms with Gasteiger partial charge in [0.2, 0.25) is 10.0 Å². The summed E-state index contributed by atoms with van der Waals surface area (Å²) in [7, 11) is -3.74. The van der Waals surface area contributed by atoms with Gasteiger partial charge in [-0.3, -0.25) is 4.79 Å². The number of amides is 1. The molecule has 0 radical (unpaired) electrons. The van der Waals surface area contributed by atoms with Crippen LogP contribution in [0.15, 0.2) is 33.7 Å². The van der Waals surface area contributed by atoms with Crippen molar-refractivity contribution in [2.24, 2.45) is 0 Å². The van der Waals surface area contributed by atoms with Crippen LogP contribution in [0.1, 0.15) is 34.7 Å². The second kappa shape index (κ2) is 7.16. The molecule has 1 aliphatic heterocycles. The lowest BCUT2D eigenvalue weighted by Crippen LogP contribution is -2.46. The van der Waals surface area contributed by atoms with Gasteiger partial charge in [-0.25, -0.2) is 17.5 Å². The monoisotopic (exact) mass is 381 g/mol. The molecule has 2 aromatic rings. The molecule has 0 unspecified atom stereocenters. The fraction of sp³-hybridized carbons (Fsp3) is 0.412. The summed E-state index contributed by atoms with van der Waals surface area (Å²) in [5, 5.41) is 3.67. The van der Waals surface area contributed by atoms with Crippen LogP contribution in [-0.2, 0) is 10.0 Å². The number of carbonyl (C=O) groups is 1. The van der Waals surface area contributed by atoms with E-state index in [1.807, 2.05) is 0 Å². The topological polar surface area (TPSA) is 92.5 Å². The van der Waals surface area contributed by atoms with Crippen molar-refractivity contribution in [2.75, 3.05) is 13.1 Å². The van der Waals surface area contributed by atoms with Gasteiger partial charge in [0, 0.05) is 19.1 Å². The number of rotatable bonds is 4. The maximum atomic E-state index is 13.8. The van der Waals surface area contributed by atoms with Gasteiger partial charge in [0.05, 0.1) is 5.56 Å². The first-order valence-electron chi connectivity index (χ1n) is 8.28. The van der Waals surface area contributed by atoms with Crippen LogP contribution in [0.5, 0.6) is 0 Å². The molecule has 0 atom stereocenters. The first kappa shape index (κ1) is 18.5. The van der Waals surface area contributed by atoms with E-state index < -0.39 is 15.8 Å². The predicted molar refractivity (Wildman–Crippen MR) is 91.6 cm³/mol. The Morgan fingerprint density at radius 1 is 1.27 bits per heavy atom. The number of nitrogens with zero attached hydrogens (tertiary/aromatic N) is 2. The summed E-state index contributed by atoms with van der Waals surface area (Å²) in [6.07, 6.45) is 0.894. The lowest BCUT2D eigenvalue weighted by molar-refractivity contribution is 0.0706. The third-order valence-corrected chi connectivity index (χ3v) is 6.21. The van der Waals surface area contributed by atoms with Gasteiger partial charge in [0.25, 0.3) is 5.91 Å². The van der Waals surface area contributed by atoms with E-state index in [1.54, 1.807) is 24.8 Å². The van der Waals surface area contributed by atoms with Gasteiger partial charge < -0.3 is 9.42 Å². The van der Waals surface area contributed by atoms with Crippen molar-refractivity contribution < 1.29 is 22.1 Å². The Morgan fingerprint density at radius 2 is 1.92 bits per heavy atom.